The van der Waals surface area contributed by atoms with E-state index < -0.39 is 0 Å². The third kappa shape index (κ3) is 2.37. The number of piperidine rings is 1. The van der Waals surface area contributed by atoms with E-state index in [9.17, 15) is 9.59 Å². The SMILES string of the molecule is CN(C)C(=O)C1CCCCN1c1ncc[nH]c1=O. The minimum atomic E-state index is -0.273. The zero-order chi connectivity index (χ0) is 13.1. The molecule has 0 radical (unpaired) electrons. The van der Waals surface area contributed by atoms with Crippen LogP contribution in [0.5, 0.6) is 0 Å². The first-order chi connectivity index (χ1) is 8.61. The number of amides is 1. The number of hydrogen-bond donors (Lipinski definition) is 1. The Morgan fingerprint density at radius 1 is 1.50 bits per heavy atom. The minimum absolute atomic E-state index is 0.0275. The van der Waals surface area contributed by atoms with Gasteiger partial charge in [0.25, 0.3) is 5.56 Å². The maximum absolute atomic E-state index is 12.1. The fourth-order valence-corrected chi connectivity index (χ4v) is 2.29. The summed E-state index contributed by atoms with van der Waals surface area (Å²) in [6, 6.07) is -0.273. The van der Waals surface area contributed by atoms with Gasteiger partial charge in [-0.05, 0) is 19.3 Å². The second kappa shape index (κ2) is 5.20. The average Bonchev–Trinajstić information content (AvgIpc) is 2.38. The van der Waals surface area contributed by atoms with Gasteiger partial charge in [0.05, 0.1) is 0 Å². The summed E-state index contributed by atoms with van der Waals surface area (Å²) in [5.74, 6) is 0.372. The van der Waals surface area contributed by atoms with Crippen molar-refractivity contribution >= 4 is 11.7 Å². The largest absolute Gasteiger partial charge is 0.347 e. The maximum Gasteiger partial charge on any atom is 0.290 e. The van der Waals surface area contributed by atoms with Crippen molar-refractivity contribution in [1.82, 2.24) is 14.9 Å². The van der Waals surface area contributed by atoms with Gasteiger partial charge < -0.3 is 14.8 Å². The van der Waals surface area contributed by atoms with Gasteiger partial charge in [0, 0.05) is 33.0 Å². The van der Waals surface area contributed by atoms with E-state index in [4.69, 9.17) is 0 Å². The van der Waals surface area contributed by atoms with Crippen molar-refractivity contribution in [2.24, 2.45) is 0 Å². The van der Waals surface area contributed by atoms with Crippen molar-refractivity contribution in [2.45, 2.75) is 25.3 Å². The molecule has 98 valence electrons. The van der Waals surface area contributed by atoms with Gasteiger partial charge >= 0.3 is 0 Å². The smallest absolute Gasteiger partial charge is 0.290 e. The van der Waals surface area contributed by atoms with Crippen molar-refractivity contribution in [3.63, 3.8) is 0 Å². The number of nitrogens with zero attached hydrogens (tertiary/aromatic N) is 3. The van der Waals surface area contributed by atoms with Gasteiger partial charge in [-0.3, -0.25) is 9.59 Å². The van der Waals surface area contributed by atoms with Crippen LogP contribution in [0.3, 0.4) is 0 Å². The molecule has 1 amide bonds. The summed E-state index contributed by atoms with van der Waals surface area (Å²) in [5, 5.41) is 0. The molecule has 1 saturated heterocycles. The van der Waals surface area contributed by atoms with Gasteiger partial charge in [-0.1, -0.05) is 0 Å². The van der Waals surface area contributed by atoms with Crippen LogP contribution in [-0.4, -0.2) is 47.5 Å². The maximum atomic E-state index is 12.1. The van der Waals surface area contributed by atoms with E-state index in [1.54, 1.807) is 25.2 Å². The Hall–Kier alpha value is -1.85. The topological polar surface area (TPSA) is 69.3 Å². The summed E-state index contributed by atoms with van der Waals surface area (Å²) in [6.07, 6.45) is 5.80. The molecule has 2 rings (SSSR count). The molecule has 1 aromatic rings. The molecular weight excluding hydrogens is 232 g/mol. The first-order valence-electron chi connectivity index (χ1n) is 6.13. The fourth-order valence-electron chi connectivity index (χ4n) is 2.29. The lowest BCUT2D eigenvalue weighted by Gasteiger charge is -2.36. The summed E-state index contributed by atoms with van der Waals surface area (Å²) in [7, 11) is 3.47. The molecule has 0 saturated carbocycles. The van der Waals surface area contributed by atoms with Crippen molar-refractivity contribution in [3.8, 4) is 0 Å². The van der Waals surface area contributed by atoms with Crippen LogP contribution >= 0.6 is 0 Å². The first kappa shape index (κ1) is 12.6. The van der Waals surface area contributed by atoms with Crippen LogP contribution in [0.15, 0.2) is 17.2 Å². The molecule has 1 unspecified atom stereocenters. The summed E-state index contributed by atoms with van der Waals surface area (Å²) in [5.41, 5.74) is -0.240. The second-order valence-corrected chi connectivity index (χ2v) is 4.68. The van der Waals surface area contributed by atoms with E-state index in [2.05, 4.69) is 9.97 Å². The number of carbonyl (C=O) groups excluding carboxylic acids is 1. The van der Waals surface area contributed by atoms with E-state index in [0.717, 1.165) is 19.3 Å². The lowest BCUT2D eigenvalue weighted by Crippen LogP contribution is -2.51. The third-order valence-electron chi connectivity index (χ3n) is 3.19. The van der Waals surface area contributed by atoms with Gasteiger partial charge in [-0.15, -0.1) is 0 Å². The Kier molecular flexibility index (Phi) is 3.64. The molecule has 0 spiro atoms. The Morgan fingerprint density at radius 2 is 2.28 bits per heavy atom. The molecule has 0 aromatic carbocycles. The van der Waals surface area contributed by atoms with Crippen LogP contribution in [0.4, 0.5) is 5.82 Å². The van der Waals surface area contributed by atoms with Crippen LogP contribution in [0, 0.1) is 0 Å². The predicted molar refractivity (Wildman–Crippen MR) is 68.5 cm³/mol. The highest BCUT2D eigenvalue weighted by Crippen LogP contribution is 2.21. The monoisotopic (exact) mass is 250 g/mol. The summed E-state index contributed by atoms with van der Waals surface area (Å²) >= 11 is 0. The summed E-state index contributed by atoms with van der Waals surface area (Å²) in [4.78, 5) is 34.0. The Morgan fingerprint density at radius 3 is 2.94 bits per heavy atom. The van der Waals surface area contributed by atoms with Crippen LogP contribution in [0.1, 0.15) is 19.3 Å². The van der Waals surface area contributed by atoms with Gasteiger partial charge in [0.15, 0.2) is 5.82 Å². The number of carbonyl (C=O) groups is 1. The number of aromatic amines is 1. The molecule has 1 aliphatic rings. The number of rotatable bonds is 2. The number of likely N-dealkylation sites (N-methyl/N-ethyl adjacent to an activating group) is 1. The van der Waals surface area contributed by atoms with Gasteiger partial charge in [-0.25, -0.2) is 4.98 Å². The molecule has 6 heteroatoms. The van der Waals surface area contributed by atoms with Crippen molar-refractivity contribution in [1.29, 1.82) is 0 Å². The van der Waals surface area contributed by atoms with Gasteiger partial charge in [0.1, 0.15) is 6.04 Å². The van der Waals surface area contributed by atoms with E-state index >= 15 is 0 Å². The van der Waals surface area contributed by atoms with E-state index in [1.165, 1.54) is 6.20 Å². The molecule has 1 atom stereocenters. The predicted octanol–water partition coefficient (Wildman–Crippen LogP) is 0.217. The number of anilines is 1. The quantitative estimate of drug-likeness (QED) is 0.815. The molecule has 1 aliphatic heterocycles. The van der Waals surface area contributed by atoms with Crippen molar-refractivity contribution in [3.05, 3.63) is 22.7 Å². The first-order valence-corrected chi connectivity index (χ1v) is 6.13. The molecule has 1 aromatic heterocycles. The van der Waals surface area contributed by atoms with E-state index in [-0.39, 0.29) is 17.5 Å². The third-order valence-corrected chi connectivity index (χ3v) is 3.19. The number of H-pyrrole nitrogens is 1. The standard InChI is InChI=1S/C12H18N4O2/c1-15(2)12(18)9-5-3-4-8-16(9)10-11(17)14-7-6-13-10/h6-7,9H,3-5,8H2,1-2H3,(H,14,17). The summed E-state index contributed by atoms with van der Waals surface area (Å²) in [6.45, 7) is 0.699. The Balaban J connectivity index is 2.32. The lowest BCUT2D eigenvalue weighted by molar-refractivity contribution is -0.130. The van der Waals surface area contributed by atoms with E-state index in [0.29, 0.717) is 12.4 Å². The van der Waals surface area contributed by atoms with Crippen LogP contribution in [0.2, 0.25) is 0 Å². The minimum Gasteiger partial charge on any atom is -0.347 e. The van der Waals surface area contributed by atoms with Gasteiger partial charge in [0.2, 0.25) is 5.91 Å². The van der Waals surface area contributed by atoms with Crippen LogP contribution in [0.25, 0.3) is 0 Å². The molecule has 0 bridgehead atoms. The van der Waals surface area contributed by atoms with Gasteiger partial charge in [-0.2, -0.15) is 0 Å². The molecule has 6 nitrogen and oxygen atoms in total. The average molecular weight is 250 g/mol. The Labute approximate surface area is 106 Å². The number of aromatic nitrogens is 2. The molecule has 1 fully saturated rings. The highest BCUT2D eigenvalue weighted by Gasteiger charge is 2.31. The second-order valence-electron chi connectivity index (χ2n) is 4.68. The van der Waals surface area contributed by atoms with Crippen molar-refractivity contribution < 1.29 is 4.79 Å². The van der Waals surface area contributed by atoms with Crippen molar-refractivity contribution in [2.75, 3.05) is 25.5 Å². The van der Waals surface area contributed by atoms with Crippen LogP contribution < -0.4 is 10.5 Å². The van der Waals surface area contributed by atoms with Crippen LogP contribution in [-0.2, 0) is 4.79 Å². The molecule has 2 heterocycles. The highest BCUT2D eigenvalue weighted by molar-refractivity contribution is 5.84. The normalized spacial score (nSPS) is 19.7. The highest BCUT2D eigenvalue weighted by atomic mass is 16.2. The Bertz CT molecular complexity index is 483. The van der Waals surface area contributed by atoms with E-state index in [1.807, 2.05) is 4.90 Å². The zero-order valence-electron chi connectivity index (χ0n) is 10.7. The summed E-state index contributed by atoms with van der Waals surface area (Å²) < 4.78 is 0. The zero-order valence-corrected chi connectivity index (χ0v) is 10.7. The molecule has 1 N–H and O–H groups in total. The molecular formula is C12H18N4O2. The fraction of sp³-hybridized carbons (Fsp3) is 0.583. The number of nitrogens with one attached hydrogen (secondary N) is 1. The number of hydrogen-bond acceptors (Lipinski definition) is 4. The lowest BCUT2D eigenvalue weighted by atomic mass is 10.0. The molecule has 0 aliphatic carbocycles. The molecule has 18 heavy (non-hydrogen) atoms.